The predicted molar refractivity (Wildman–Crippen MR) is 98.2 cm³/mol. The molecule has 0 bridgehead atoms. The lowest BCUT2D eigenvalue weighted by molar-refractivity contribution is 0.0561. The number of halogens is 1. The molecule has 9 nitrogen and oxygen atoms in total. The Kier molecular flexibility index (Phi) is 5.98. The smallest absolute Gasteiger partial charge is 0.340 e. The lowest BCUT2D eigenvalue weighted by Gasteiger charge is -2.41. The summed E-state index contributed by atoms with van der Waals surface area (Å²) in [6.07, 6.45) is 0. The third kappa shape index (κ3) is 3.70. The Labute approximate surface area is 160 Å². The molecule has 140 valence electrons. The van der Waals surface area contributed by atoms with E-state index in [0.29, 0.717) is 0 Å². The van der Waals surface area contributed by atoms with Crippen molar-refractivity contribution in [1.82, 2.24) is 9.80 Å². The van der Waals surface area contributed by atoms with Crippen molar-refractivity contribution in [3.63, 3.8) is 0 Å². The molecule has 1 aromatic rings. The zero-order valence-corrected chi connectivity index (χ0v) is 15.9. The second-order valence-corrected chi connectivity index (χ2v) is 6.41. The molecule has 2 rings (SSSR count). The van der Waals surface area contributed by atoms with E-state index in [9.17, 15) is 14.4 Å². The number of hydrogen-bond donors (Lipinski definition) is 2. The quantitative estimate of drug-likeness (QED) is 0.266. The molecule has 1 heterocycles. The predicted octanol–water partition coefficient (Wildman–Crippen LogP) is 2.48. The zero-order valence-electron chi connectivity index (χ0n) is 14.2. The summed E-state index contributed by atoms with van der Waals surface area (Å²) in [5.74, 6) is -0.787. The van der Waals surface area contributed by atoms with Crippen LogP contribution in [-0.2, 0) is 4.74 Å². The highest BCUT2D eigenvalue weighted by Gasteiger charge is 2.40. The lowest BCUT2D eigenvalue weighted by atomic mass is 10.2. The number of carbonyl (C=O) groups is 3. The second kappa shape index (κ2) is 7.83. The third-order valence-electron chi connectivity index (χ3n) is 3.69. The van der Waals surface area contributed by atoms with Gasteiger partial charge < -0.3 is 9.94 Å². The third-order valence-corrected chi connectivity index (χ3v) is 4.71. The minimum atomic E-state index is -0.787. The summed E-state index contributed by atoms with van der Waals surface area (Å²) in [6.45, 7) is 1.24. The largest absolute Gasteiger partial charge is 0.456 e. The number of oxime groups is 1. The fourth-order valence-corrected chi connectivity index (χ4v) is 2.55. The maximum Gasteiger partial charge on any atom is 0.340 e. The normalized spacial score (nSPS) is 16.3. The van der Waals surface area contributed by atoms with E-state index in [1.807, 2.05) is 0 Å². The molecule has 1 aliphatic heterocycles. The molecule has 0 saturated carbocycles. The summed E-state index contributed by atoms with van der Waals surface area (Å²) in [7, 11) is 3.00. The number of ether oxygens (including phenoxy) is 1. The number of imide groups is 1. The summed E-state index contributed by atoms with van der Waals surface area (Å²) in [4.78, 5) is 40.6. The number of nitrogens with zero attached hydrogens (tertiary/aromatic N) is 4. The van der Waals surface area contributed by atoms with Gasteiger partial charge in [0.25, 0.3) is 0 Å². The Morgan fingerprint density at radius 1 is 1.31 bits per heavy atom. The van der Waals surface area contributed by atoms with Crippen molar-refractivity contribution in [2.45, 2.75) is 12.4 Å². The van der Waals surface area contributed by atoms with Crippen molar-refractivity contribution >= 4 is 53.7 Å². The molecule has 0 unspecified atom stereocenters. The number of anilines is 1. The van der Waals surface area contributed by atoms with Crippen molar-refractivity contribution in [3.8, 4) is 0 Å². The molecular formula is C15H17ClN4O5S. The van der Waals surface area contributed by atoms with E-state index in [-0.39, 0.29) is 28.6 Å². The Morgan fingerprint density at radius 3 is 2.42 bits per heavy atom. The summed E-state index contributed by atoms with van der Waals surface area (Å²) >= 11 is 10.2. The molecule has 0 radical (unpaired) electrons. The van der Waals surface area contributed by atoms with Crippen molar-refractivity contribution in [3.05, 3.63) is 28.8 Å². The first kappa shape index (κ1) is 19.9. The number of hydrogen-bond acceptors (Lipinski definition) is 7. The summed E-state index contributed by atoms with van der Waals surface area (Å²) in [5.41, 5.74) is -0.393. The maximum absolute atomic E-state index is 12.5. The molecule has 1 aliphatic rings. The van der Waals surface area contributed by atoms with Gasteiger partial charge in [0.2, 0.25) is 0 Å². The van der Waals surface area contributed by atoms with Gasteiger partial charge in [-0.25, -0.2) is 19.3 Å². The standard InChI is InChI=1S/C15H17ClN4O5S/c1-8(17-24)7-25-12(21)10-6-9(4-5-11(10)16)20-13(22)18(2)15(26)19(3)14(20)23/h4-6,15,24,26H,7H2,1-3H3. The van der Waals surface area contributed by atoms with E-state index >= 15 is 0 Å². The SMILES string of the molecule is CC(COC(=O)c1cc(N2C(=O)N(C)C(S)N(C)C2=O)ccc1Cl)=NO. The van der Waals surface area contributed by atoms with Gasteiger partial charge in [0, 0.05) is 14.1 Å². The molecule has 11 heteroatoms. The highest BCUT2D eigenvalue weighted by atomic mass is 35.5. The molecule has 0 aromatic heterocycles. The lowest BCUT2D eigenvalue weighted by Crippen LogP contribution is -2.62. The van der Waals surface area contributed by atoms with Gasteiger partial charge in [-0.3, -0.25) is 9.80 Å². The van der Waals surface area contributed by atoms with Crippen LogP contribution in [0.1, 0.15) is 17.3 Å². The van der Waals surface area contributed by atoms with Crippen molar-refractivity contribution in [2.75, 3.05) is 25.6 Å². The van der Waals surface area contributed by atoms with Crippen LogP contribution >= 0.6 is 24.2 Å². The molecule has 0 atom stereocenters. The Hall–Kier alpha value is -2.46. The summed E-state index contributed by atoms with van der Waals surface area (Å²) < 4.78 is 4.98. The Bertz CT molecular complexity index is 765. The van der Waals surface area contributed by atoms with E-state index in [4.69, 9.17) is 21.5 Å². The minimum absolute atomic E-state index is 0.0335. The first-order valence-electron chi connectivity index (χ1n) is 7.35. The van der Waals surface area contributed by atoms with Crippen LogP contribution in [0.15, 0.2) is 23.4 Å². The van der Waals surface area contributed by atoms with Gasteiger partial charge in [-0.2, -0.15) is 0 Å². The van der Waals surface area contributed by atoms with Gasteiger partial charge in [-0.15, -0.1) is 12.6 Å². The van der Waals surface area contributed by atoms with Gasteiger partial charge in [-0.1, -0.05) is 16.8 Å². The minimum Gasteiger partial charge on any atom is -0.456 e. The van der Waals surface area contributed by atoms with Crippen molar-refractivity contribution in [2.24, 2.45) is 5.16 Å². The molecule has 1 N–H and O–H groups in total. The van der Waals surface area contributed by atoms with Crippen LogP contribution in [0.25, 0.3) is 0 Å². The molecule has 1 saturated heterocycles. The average molecular weight is 401 g/mol. The van der Waals surface area contributed by atoms with E-state index in [2.05, 4.69) is 17.8 Å². The van der Waals surface area contributed by atoms with Crippen LogP contribution in [0.2, 0.25) is 5.02 Å². The topological polar surface area (TPSA) is 103 Å². The van der Waals surface area contributed by atoms with Crippen molar-refractivity contribution < 1.29 is 24.3 Å². The zero-order chi connectivity index (χ0) is 19.6. The summed E-state index contributed by atoms with van der Waals surface area (Å²) in [6, 6.07) is 2.91. The van der Waals surface area contributed by atoms with Crippen LogP contribution in [0.4, 0.5) is 15.3 Å². The molecule has 1 aromatic carbocycles. The monoisotopic (exact) mass is 400 g/mol. The fraction of sp³-hybridized carbons (Fsp3) is 0.333. The molecule has 4 amide bonds. The molecule has 1 fully saturated rings. The Morgan fingerprint density at radius 2 is 1.88 bits per heavy atom. The van der Waals surface area contributed by atoms with Crippen molar-refractivity contribution in [1.29, 1.82) is 0 Å². The second-order valence-electron chi connectivity index (χ2n) is 5.54. The highest BCUT2D eigenvalue weighted by Crippen LogP contribution is 2.29. The van der Waals surface area contributed by atoms with Gasteiger partial charge in [0.05, 0.1) is 22.0 Å². The average Bonchev–Trinajstić information content (AvgIpc) is 2.63. The van der Waals surface area contributed by atoms with E-state index in [1.165, 1.54) is 49.0 Å². The molecule has 0 spiro atoms. The van der Waals surface area contributed by atoms with Crippen LogP contribution < -0.4 is 4.90 Å². The van der Waals surface area contributed by atoms with E-state index in [0.717, 1.165) is 4.90 Å². The van der Waals surface area contributed by atoms with E-state index < -0.39 is 23.5 Å². The number of thiol groups is 1. The van der Waals surface area contributed by atoms with Crippen LogP contribution in [0.3, 0.4) is 0 Å². The molecule has 0 aliphatic carbocycles. The molecular weight excluding hydrogens is 384 g/mol. The van der Waals surface area contributed by atoms with Gasteiger partial charge >= 0.3 is 18.0 Å². The van der Waals surface area contributed by atoms with Gasteiger partial charge in [0.1, 0.15) is 6.61 Å². The number of esters is 1. The fourth-order valence-electron chi connectivity index (χ4n) is 2.16. The van der Waals surface area contributed by atoms with Crippen LogP contribution in [-0.4, -0.2) is 65.0 Å². The molecule has 26 heavy (non-hydrogen) atoms. The first-order chi connectivity index (χ1) is 12.2. The number of rotatable bonds is 4. The number of benzene rings is 1. The first-order valence-corrected chi connectivity index (χ1v) is 8.24. The highest BCUT2D eigenvalue weighted by molar-refractivity contribution is 7.80. The number of urea groups is 2. The van der Waals surface area contributed by atoms with Crippen LogP contribution in [0.5, 0.6) is 0 Å². The number of amides is 4. The Balaban J connectivity index is 2.35. The van der Waals surface area contributed by atoms with Crippen LogP contribution in [0, 0.1) is 0 Å². The van der Waals surface area contributed by atoms with E-state index in [1.54, 1.807) is 0 Å². The maximum atomic E-state index is 12.5. The van der Waals surface area contributed by atoms with Gasteiger partial charge in [-0.05, 0) is 25.1 Å². The number of carbonyl (C=O) groups excluding carboxylic acids is 3. The van der Waals surface area contributed by atoms with Gasteiger partial charge in [0.15, 0.2) is 5.50 Å². The summed E-state index contributed by atoms with van der Waals surface area (Å²) in [5, 5.41) is 11.6.